The van der Waals surface area contributed by atoms with Crippen LogP contribution in [-0.2, 0) is 4.79 Å². The fourth-order valence-corrected chi connectivity index (χ4v) is 3.17. The van der Waals surface area contributed by atoms with Gasteiger partial charge in [0.25, 0.3) is 0 Å². The summed E-state index contributed by atoms with van der Waals surface area (Å²) in [5.41, 5.74) is 3.42. The van der Waals surface area contributed by atoms with Gasteiger partial charge in [-0.3, -0.25) is 14.2 Å². The lowest BCUT2D eigenvalue weighted by Gasteiger charge is -2.12. The molecule has 0 bridgehead atoms. The second kappa shape index (κ2) is 7.40. The first-order chi connectivity index (χ1) is 12.1. The van der Waals surface area contributed by atoms with E-state index < -0.39 is 0 Å². The van der Waals surface area contributed by atoms with Gasteiger partial charge in [0.2, 0.25) is 11.3 Å². The summed E-state index contributed by atoms with van der Waals surface area (Å²) in [5, 5.41) is 3.34. The minimum Gasteiger partial charge on any atom is -0.366 e. The Hall–Kier alpha value is -2.80. The largest absolute Gasteiger partial charge is 0.366 e. The number of amides is 1. The van der Waals surface area contributed by atoms with Gasteiger partial charge in [0, 0.05) is 30.9 Å². The molecule has 2 N–H and O–H groups in total. The van der Waals surface area contributed by atoms with Gasteiger partial charge in [0.1, 0.15) is 5.69 Å². The number of anilines is 1. The first-order valence-corrected chi connectivity index (χ1v) is 8.74. The molecule has 3 aromatic rings. The molecule has 0 saturated carbocycles. The zero-order valence-electron chi connectivity index (χ0n) is 13.9. The molecule has 0 spiro atoms. The summed E-state index contributed by atoms with van der Waals surface area (Å²) >= 11 is 1.32. The van der Waals surface area contributed by atoms with Crippen molar-refractivity contribution in [3.05, 3.63) is 70.4 Å². The monoisotopic (exact) mass is 354 g/mol. The smallest absolute Gasteiger partial charge is 0.234 e. The van der Waals surface area contributed by atoms with Gasteiger partial charge in [-0.25, -0.2) is 4.98 Å². The average molecular weight is 354 g/mol. The zero-order chi connectivity index (χ0) is 17.8. The molecule has 0 atom stereocenters. The summed E-state index contributed by atoms with van der Waals surface area (Å²) in [6.07, 6.45) is 6.59. The second-order valence-corrected chi connectivity index (χ2v) is 6.50. The molecule has 7 heteroatoms. The fourth-order valence-electron chi connectivity index (χ4n) is 2.41. The molecule has 0 saturated heterocycles. The van der Waals surface area contributed by atoms with Crippen molar-refractivity contribution in [3.8, 4) is 5.69 Å². The molecule has 2 aromatic heterocycles. The predicted octanol–water partition coefficient (Wildman–Crippen LogP) is 2.91. The Labute approximate surface area is 149 Å². The summed E-state index contributed by atoms with van der Waals surface area (Å²) in [5.74, 6) is -0.0897. The topological polar surface area (TPSA) is 79.8 Å². The first-order valence-electron chi connectivity index (χ1n) is 7.76. The van der Waals surface area contributed by atoms with E-state index in [0.717, 1.165) is 10.8 Å². The van der Waals surface area contributed by atoms with E-state index in [1.54, 1.807) is 6.20 Å². The molecule has 2 heterocycles. The number of aromatic nitrogens is 3. The standard InChI is InChI=1S/C18H18N4O2S/c1-12-4-3-5-15(13(12)2)22-9-8-20-18(22)25-11-17(24)21-14-10-19-7-6-16(14)23/h3-10H,11H2,1-2H3,(H,19,23)(H,21,24). The number of imidazole rings is 1. The van der Waals surface area contributed by atoms with E-state index in [4.69, 9.17) is 0 Å². The van der Waals surface area contributed by atoms with Crippen LogP contribution in [0.2, 0.25) is 0 Å². The van der Waals surface area contributed by atoms with Crippen LogP contribution in [0.1, 0.15) is 11.1 Å². The second-order valence-electron chi connectivity index (χ2n) is 5.56. The number of nitrogens with one attached hydrogen (secondary N) is 2. The van der Waals surface area contributed by atoms with Gasteiger partial charge in [0.05, 0.1) is 11.4 Å². The summed E-state index contributed by atoms with van der Waals surface area (Å²) in [6, 6.07) is 7.46. The number of aromatic amines is 1. The molecular weight excluding hydrogens is 336 g/mol. The minimum absolute atomic E-state index is 0.163. The number of thioether (sulfide) groups is 1. The highest BCUT2D eigenvalue weighted by molar-refractivity contribution is 7.99. The van der Waals surface area contributed by atoms with Gasteiger partial charge in [-0.2, -0.15) is 0 Å². The molecule has 0 unspecified atom stereocenters. The Morgan fingerprint density at radius 3 is 2.96 bits per heavy atom. The third-order valence-electron chi connectivity index (χ3n) is 3.87. The van der Waals surface area contributed by atoms with E-state index in [9.17, 15) is 9.59 Å². The van der Waals surface area contributed by atoms with Crippen LogP contribution in [0.4, 0.5) is 5.69 Å². The maximum absolute atomic E-state index is 12.1. The van der Waals surface area contributed by atoms with E-state index in [1.807, 2.05) is 22.9 Å². The summed E-state index contributed by atoms with van der Waals surface area (Å²) in [7, 11) is 0. The lowest BCUT2D eigenvalue weighted by Crippen LogP contribution is -2.19. The molecule has 0 aliphatic carbocycles. The Balaban J connectivity index is 1.72. The Morgan fingerprint density at radius 1 is 1.32 bits per heavy atom. The number of rotatable bonds is 5. The summed E-state index contributed by atoms with van der Waals surface area (Å²) in [4.78, 5) is 30.9. The van der Waals surface area contributed by atoms with Crippen molar-refractivity contribution >= 4 is 23.4 Å². The number of hydrogen-bond acceptors (Lipinski definition) is 4. The Bertz CT molecular complexity index is 961. The number of aryl methyl sites for hydroxylation is 1. The van der Waals surface area contributed by atoms with E-state index >= 15 is 0 Å². The number of H-pyrrole nitrogens is 1. The first kappa shape index (κ1) is 17.0. The van der Waals surface area contributed by atoms with Crippen molar-refractivity contribution in [2.24, 2.45) is 0 Å². The molecule has 0 aliphatic rings. The quantitative estimate of drug-likeness (QED) is 0.691. The van der Waals surface area contributed by atoms with Crippen molar-refractivity contribution in [1.82, 2.24) is 14.5 Å². The molecule has 25 heavy (non-hydrogen) atoms. The van der Waals surface area contributed by atoms with Gasteiger partial charge < -0.3 is 10.3 Å². The van der Waals surface area contributed by atoms with Gasteiger partial charge in [-0.1, -0.05) is 23.9 Å². The number of carbonyl (C=O) groups is 1. The van der Waals surface area contributed by atoms with Crippen LogP contribution in [0.5, 0.6) is 0 Å². The van der Waals surface area contributed by atoms with Gasteiger partial charge >= 0.3 is 0 Å². The van der Waals surface area contributed by atoms with E-state index in [2.05, 4.69) is 35.2 Å². The van der Waals surface area contributed by atoms with Crippen LogP contribution in [0.15, 0.2) is 59.0 Å². The number of carbonyl (C=O) groups excluding carboxylic acids is 1. The highest BCUT2D eigenvalue weighted by Crippen LogP contribution is 2.24. The minimum atomic E-state index is -0.253. The maximum Gasteiger partial charge on any atom is 0.234 e. The van der Waals surface area contributed by atoms with Gasteiger partial charge in [0.15, 0.2) is 5.16 Å². The molecule has 6 nitrogen and oxygen atoms in total. The molecule has 0 radical (unpaired) electrons. The van der Waals surface area contributed by atoms with Crippen LogP contribution < -0.4 is 10.7 Å². The Kier molecular flexibility index (Phi) is 5.04. The van der Waals surface area contributed by atoms with Crippen molar-refractivity contribution in [3.63, 3.8) is 0 Å². The molecule has 3 rings (SSSR count). The van der Waals surface area contributed by atoms with Crippen LogP contribution in [-0.4, -0.2) is 26.2 Å². The summed E-state index contributed by atoms with van der Waals surface area (Å²) < 4.78 is 1.97. The van der Waals surface area contributed by atoms with E-state index in [1.165, 1.54) is 41.3 Å². The van der Waals surface area contributed by atoms with Crippen molar-refractivity contribution in [2.45, 2.75) is 19.0 Å². The van der Waals surface area contributed by atoms with Crippen molar-refractivity contribution < 1.29 is 4.79 Å². The van der Waals surface area contributed by atoms with Crippen LogP contribution in [0.25, 0.3) is 5.69 Å². The lowest BCUT2D eigenvalue weighted by molar-refractivity contribution is -0.113. The number of benzene rings is 1. The normalized spacial score (nSPS) is 10.6. The van der Waals surface area contributed by atoms with Gasteiger partial charge in [-0.05, 0) is 31.0 Å². The molecule has 128 valence electrons. The SMILES string of the molecule is Cc1cccc(-n2ccnc2SCC(=O)Nc2c[nH]ccc2=O)c1C. The fraction of sp³-hybridized carbons (Fsp3) is 0.167. The third kappa shape index (κ3) is 3.83. The highest BCUT2D eigenvalue weighted by Gasteiger charge is 2.12. The van der Waals surface area contributed by atoms with Crippen LogP contribution in [0.3, 0.4) is 0 Å². The average Bonchev–Trinajstić information content (AvgIpc) is 3.06. The maximum atomic E-state index is 12.1. The van der Waals surface area contributed by atoms with Crippen molar-refractivity contribution in [2.75, 3.05) is 11.1 Å². The number of pyridine rings is 1. The van der Waals surface area contributed by atoms with Crippen LogP contribution in [0, 0.1) is 13.8 Å². The third-order valence-corrected chi connectivity index (χ3v) is 4.84. The molecule has 1 amide bonds. The van der Waals surface area contributed by atoms with Crippen LogP contribution >= 0.6 is 11.8 Å². The summed E-state index contributed by atoms with van der Waals surface area (Å²) in [6.45, 7) is 4.13. The van der Waals surface area contributed by atoms with E-state index in [-0.39, 0.29) is 22.8 Å². The molecule has 0 fully saturated rings. The van der Waals surface area contributed by atoms with Crippen molar-refractivity contribution in [1.29, 1.82) is 0 Å². The number of nitrogens with zero attached hydrogens (tertiary/aromatic N) is 2. The zero-order valence-corrected chi connectivity index (χ0v) is 14.8. The lowest BCUT2D eigenvalue weighted by atomic mass is 10.1. The molecular formula is C18H18N4O2S. The number of hydrogen-bond donors (Lipinski definition) is 2. The highest BCUT2D eigenvalue weighted by atomic mass is 32.2. The molecule has 1 aromatic carbocycles. The Morgan fingerprint density at radius 2 is 2.16 bits per heavy atom. The predicted molar refractivity (Wildman–Crippen MR) is 99.5 cm³/mol. The molecule has 0 aliphatic heterocycles. The van der Waals surface area contributed by atoms with E-state index in [0.29, 0.717) is 0 Å². The van der Waals surface area contributed by atoms with Gasteiger partial charge in [-0.15, -0.1) is 0 Å².